The lowest BCUT2D eigenvalue weighted by Crippen LogP contribution is -2.13. The smallest absolute Gasteiger partial charge is 0.291 e. The Morgan fingerprint density at radius 3 is 2.75 bits per heavy atom. The molecular formula is C14H10IN3O5S. The third kappa shape index (κ3) is 3.28. The molecule has 10 heteroatoms. The predicted molar refractivity (Wildman–Crippen MR) is 92.6 cm³/mol. The summed E-state index contributed by atoms with van der Waals surface area (Å²) < 4.78 is 35.8. The van der Waals surface area contributed by atoms with Crippen molar-refractivity contribution in [3.8, 4) is 5.75 Å². The zero-order chi connectivity index (χ0) is 17.2. The molecule has 0 aliphatic carbocycles. The number of nitrogens with zero attached hydrogens (tertiary/aromatic N) is 2. The molecule has 0 atom stereocenters. The second kappa shape index (κ2) is 6.65. The minimum absolute atomic E-state index is 0.127. The largest absolute Gasteiger partial charge is 0.459 e. The Hall–Kier alpha value is -2.34. The Balaban J connectivity index is 1.82. The normalized spacial score (nSPS) is 11.2. The van der Waals surface area contributed by atoms with Crippen LogP contribution in [0.25, 0.3) is 0 Å². The Kier molecular flexibility index (Phi) is 4.57. The van der Waals surface area contributed by atoms with Crippen LogP contribution in [0.3, 0.4) is 0 Å². The van der Waals surface area contributed by atoms with Gasteiger partial charge in [-0.1, -0.05) is 0 Å². The molecule has 0 unspecified atom stereocenters. The highest BCUT2D eigenvalue weighted by atomic mass is 127. The van der Waals surface area contributed by atoms with Gasteiger partial charge in [-0.25, -0.2) is 8.96 Å². The Labute approximate surface area is 151 Å². The Bertz CT molecular complexity index is 949. The molecule has 0 aliphatic rings. The van der Waals surface area contributed by atoms with E-state index in [-0.39, 0.29) is 10.8 Å². The van der Waals surface area contributed by atoms with E-state index in [4.69, 9.17) is 7.48 Å². The zero-order valence-electron chi connectivity index (χ0n) is 11.9. The molecule has 0 saturated carbocycles. The van der Waals surface area contributed by atoms with E-state index in [2.05, 4.69) is 10.3 Å². The second-order valence-corrected chi connectivity index (χ2v) is 6.81. The minimum Gasteiger partial charge on any atom is -0.459 e. The van der Waals surface area contributed by atoms with Crippen LogP contribution in [0.5, 0.6) is 5.75 Å². The van der Waals surface area contributed by atoms with E-state index in [0.717, 1.165) is 3.97 Å². The van der Waals surface area contributed by atoms with Crippen molar-refractivity contribution in [2.75, 3.05) is 5.32 Å². The average molecular weight is 459 g/mol. The van der Waals surface area contributed by atoms with Crippen molar-refractivity contribution in [1.29, 1.82) is 0 Å². The number of anilines is 1. The number of aromatic nitrogens is 2. The maximum Gasteiger partial charge on any atom is 0.291 e. The van der Waals surface area contributed by atoms with Crippen molar-refractivity contribution in [3.63, 3.8) is 0 Å². The van der Waals surface area contributed by atoms with Gasteiger partial charge < -0.3 is 12.8 Å². The fourth-order valence-corrected chi connectivity index (χ4v) is 3.25. The molecular weight excluding hydrogens is 449 g/mol. The molecule has 0 radical (unpaired) electrons. The maximum atomic E-state index is 12.5. The summed E-state index contributed by atoms with van der Waals surface area (Å²) >= 11 is 1.67. The van der Waals surface area contributed by atoms with Gasteiger partial charge in [0.1, 0.15) is 0 Å². The van der Waals surface area contributed by atoms with E-state index in [9.17, 15) is 13.2 Å². The monoisotopic (exact) mass is 459 g/mol. The lowest BCUT2D eigenvalue weighted by Gasteiger charge is -2.05. The van der Waals surface area contributed by atoms with E-state index in [0.29, 0.717) is 11.4 Å². The third-order valence-electron chi connectivity index (χ3n) is 3.01. The molecule has 0 aliphatic heterocycles. The van der Waals surface area contributed by atoms with Crippen molar-refractivity contribution in [3.05, 3.63) is 60.9 Å². The van der Waals surface area contributed by atoms with Crippen LogP contribution in [0.1, 0.15) is 10.6 Å². The van der Waals surface area contributed by atoms with Gasteiger partial charge in [0.25, 0.3) is 15.9 Å². The van der Waals surface area contributed by atoms with Crippen LogP contribution >= 0.6 is 23.0 Å². The van der Waals surface area contributed by atoms with Crippen LogP contribution in [0.4, 0.5) is 5.69 Å². The number of pyridine rings is 1. The fourth-order valence-electron chi connectivity index (χ4n) is 1.87. The van der Waals surface area contributed by atoms with Crippen molar-refractivity contribution in [2.45, 2.75) is 5.03 Å². The number of hydrogen-bond acceptors (Lipinski definition) is 6. The first-order valence-electron chi connectivity index (χ1n) is 6.54. The number of amides is 1. The quantitative estimate of drug-likeness (QED) is 0.589. The molecule has 1 N–H and O–H groups in total. The summed E-state index contributed by atoms with van der Waals surface area (Å²) in [7, 11) is -3.86. The van der Waals surface area contributed by atoms with Crippen LogP contribution < -0.4 is 8.38 Å². The summed E-state index contributed by atoms with van der Waals surface area (Å²) in [6, 6.07) is 7.38. The van der Waals surface area contributed by atoms with Crippen LogP contribution in [0, 0.1) is 0 Å². The standard InChI is InChI=1S/C14H10IN3O5S/c15-23-11-3-4-13(16-8-11)24(20,21)18-6-5-10(9-18)17-14(19)12-2-1-7-22-12/h1-9H,(H,17,19). The predicted octanol–water partition coefficient (Wildman–Crippen LogP) is 2.69. The van der Waals surface area contributed by atoms with Gasteiger partial charge in [-0.05, 0) is 30.3 Å². The van der Waals surface area contributed by atoms with Gasteiger partial charge in [0.2, 0.25) is 0 Å². The molecule has 1 amide bonds. The van der Waals surface area contributed by atoms with E-state index < -0.39 is 15.9 Å². The molecule has 0 saturated heterocycles. The molecule has 0 fully saturated rings. The van der Waals surface area contributed by atoms with Crippen LogP contribution in [0.2, 0.25) is 0 Å². The van der Waals surface area contributed by atoms with Crippen molar-refractivity contribution < 1.29 is 20.7 Å². The summed E-state index contributed by atoms with van der Waals surface area (Å²) in [5.74, 6) is 0.0898. The Morgan fingerprint density at radius 2 is 2.12 bits per heavy atom. The highest BCUT2D eigenvalue weighted by Crippen LogP contribution is 2.19. The molecule has 8 nitrogen and oxygen atoms in total. The number of hydrogen-bond donors (Lipinski definition) is 1. The van der Waals surface area contributed by atoms with Gasteiger partial charge >= 0.3 is 0 Å². The SMILES string of the molecule is O=C(Nc1ccn(S(=O)(=O)c2ccc(OI)cn2)c1)c1ccco1. The number of furan rings is 1. The molecule has 3 aromatic rings. The van der Waals surface area contributed by atoms with Crippen molar-refractivity contribution in [1.82, 2.24) is 8.96 Å². The highest BCUT2D eigenvalue weighted by molar-refractivity contribution is 14.1. The maximum absolute atomic E-state index is 12.5. The Morgan fingerprint density at radius 1 is 1.29 bits per heavy atom. The van der Waals surface area contributed by atoms with Gasteiger partial charge in [-0.2, -0.15) is 8.42 Å². The molecule has 3 aromatic heterocycles. The number of carbonyl (C=O) groups excluding carboxylic acids is 1. The van der Waals surface area contributed by atoms with E-state index in [1.807, 2.05) is 0 Å². The number of nitrogens with one attached hydrogen (secondary N) is 1. The second-order valence-electron chi connectivity index (χ2n) is 4.58. The molecule has 0 spiro atoms. The molecule has 124 valence electrons. The van der Waals surface area contributed by atoms with Crippen LogP contribution in [-0.4, -0.2) is 23.3 Å². The average Bonchev–Trinajstić information content (AvgIpc) is 3.26. The summed E-state index contributed by atoms with van der Waals surface area (Å²) in [5.41, 5.74) is 0.312. The fraction of sp³-hybridized carbons (Fsp3) is 0. The number of carbonyl (C=O) groups is 1. The van der Waals surface area contributed by atoms with E-state index in [1.165, 1.54) is 49.1 Å². The van der Waals surface area contributed by atoms with Gasteiger partial charge in [-0.15, -0.1) is 0 Å². The van der Waals surface area contributed by atoms with Gasteiger partial charge in [0.15, 0.2) is 39.5 Å². The minimum atomic E-state index is -3.86. The lowest BCUT2D eigenvalue weighted by atomic mass is 10.4. The van der Waals surface area contributed by atoms with Crippen molar-refractivity contribution >= 4 is 44.6 Å². The lowest BCUT2D eigenvalue weighted by molar-refractivity contribution is 0.0996. The summed E-state index contributed by atoms with van der Waals surface area (Å²) in [6.45, 7) is 0. The first-order valence-corrected chi connectivity index (χ1v) is 8.86. The van der Waals surface area contributed by atoms with Crippen LogP contribution in [-0.2, 0) is 10.0 Å². The summed E-state index contributed by atoms with van der Waals surface area (Å²) in [6.07, 6.45) is 5.28. The highest BCUT2D eigenvalue weighted by Gasteiger charge is 2.19. The zero-order valence-corrected chi connectivity index (χ0v) is 14.9. The van der Waals surface area contributed by atoms with Gasteiger partial charge in [-0.3, -0.25) is 4.79 Å². The third-order valence-corrected chi connectivity index (χ3v) is 5.07. The molecule has 24 heavy (non-hydrogen) atoms. The van der Waals surface area contributed by atoms with Gasteiger partial charge in [0, 0.05) is 12.4 Å². The molecule has 0 aromatic carbocycles. The molecule has 3 rings (SSSR count). The number of halogens is 1. The van der Waals surface area contributed by atoms with E-state index >= 15 is 0 Å². The van der Waals surface area contributed by atoms with E-state index in [1.54, 1.807) is 29.1 Å². The van der Waals surface area contributed by atoms with Crippen molar-refractivity contribution in [2.24, 2.45) is 0 Å². The van der Waals surface area contributed by atoms with Crippen LogP contribution in [0.15, 0.2) is 64.6 Å². The topological polar surface area (TPSA) is 103 Å². The number of rotatable bonds is 5. The van der Waals surface area contributed by atoms with Gasteiger partial charge in [0.05, 0.1) is 18.1 Å². The molecule has 3 heterocycles. The first kappa shape index (κ1) is 16.5. The summed E-state index contributed by atoms with van der Waals surface area (Å²) in [5, 5.41) is 2.41. The summed E-state index contributed by atoms with van der Waals surface area (Å²) in [4.78, 5) is 15.8. The first-order chi connectivity index (χ1) is 11.5. The molecule has 0 bridgehead atoms.